The van der Waals surface area contributed by atoms with Crippen molar-refractivity contribution in [2.75, 3.05) is 5.33 Å². The van der Waals surface area contributed by atoms with Crippen molar-refractivity contribution in [1.29, 1.82) is 0 Å². The van der Waals surface area contributed by atoms with Crippen molar-refractivity contribution in [2.45, 2.75) is 39.5 Å². The van der Waals surface area contributed by atoms with Crippen molar-refractivity contribution >= 4 is 43.2 Å². The van der Waals surface area contributed by atoms with Gasteiger partial charge >= 0.3 is 0 Å². The van der Waals surface area contributed by atoms with Crippen LogP contribution in [0.1, 0.15) is 39.5 Å². The number of alkyl halides is 1. The van der Waals surface area contributed by atoms with Crippen molar-refractivity contribution in [1.82, 2.24) is 0 Å². The Kier molecular flexibility index (Phi) is 11.6. The van der Waals surface area contributed by atoms with Gasteiger partial charge in [0.15, 0.2) is 0 Å². The lowest BCUT2D eigenvalue weighted by Crippen LogP contribution is -1.91. The van der Waals surface area contributed by atoms with E-state index in [1.165, 1.54) is 35.5 Å². The second-order valence-corrected chi connectivity index (χ2v) is 6.13. The molecular weight excluding hydrogens is 336 g/mol. The van der Waals surface area contributed by atoms with Crippen LogP contribution in [0.25, 0.3) is 0 Å². The molecule has 0 aliphatic heterocycles. The number of hydrogen-bond acceptors (Lipinski definition) is 1. The van der Waals surface area contributed by atoms with Crippen LogP contribution < -0.4 is 0 Å². The molecule has 88 valence electrons. The van der Waals surface area contributed by atoms with E-state index in [0.717, 1.165) is 5.92 Å². The molecule has 0 saturated carbocycles. The van der Waals surface area contributed by atoms with E-state index < -0.39 is 0 Å². The van der Waals surface area contributed by atoms with Gasteiger partial charge in [-0.3, -0.25) is 0 Å². The predicted molar refractivity (Wildman–Crippen MR) is 79.1 cm³/mol. The summed E-state index contributed by atoms with van der Waals surface area (Å²) in [6, 6.07) is 2.02. The zero-order valence-electron chi connectivity index (χ0n) is 9.51. The summed E-state index contributed by atoms with van der Waals surface area (Å²) in [5.74, 6) is 0.934. The first kappa shape index (κ1) is 15.7. The largest absolute Gasteiger partial charge is 0.151 e. The normalized spacial score (nSPS) is 11.7. The molecule has 15 heavy (non-hydrogen) atoms. The molecule has 1 rings (SSSR count). The fourth-order valence-corrected chi connectivity index (χ4v) is 2.58. The summed E-state index contributed by atoms with van der Waals surface area (Å²) in [6.45, 7) is 4.59. The lowest BCUT2D eigenvalue weighted by Gasteiger charge is -2.05. The van der Waals surface area contributed by atoms with Crippen LogP contribution in [-0.4, -0.2) is 5.33 Å². The van der Waals surface area contributed by atoms with Gasteiger partial charge in [-0.2, -0.15) is 11.3 Å². The van der Waals surface area contributed by atoms with Gasteiger partial charge in [-0.1, -0.05) is 49.0 Å². The molecule has 0 amide bonds. The summed E-state index contributed by atoms with van der Waals surface area (Å²) in [5, 5.41) is 5.24. The Morgan fingerprint density at radius 3 is 2.47 bits per heavy atom. The third-order valence-electron chi connectivity index (χ3n) is 2.26. The van der Waals surface area contributed by atoms with E-state index in [2.05, 4.69) is 45.7 Å². The highest BCUT2D eigenvalue weighted by Crippen LogP contribution is 2.12. The number of hydrogen-bond donors (Lipinski definition) is 0. The molecule has 1 aromatic rings. The van der Waals surface area contributed by atoms with Gasteiger partial charge in [-0.05, 0) is 39.7 Å². The van der Waals surface area contributed by atoms with Crippen molar-refractivity contribution in [2.24, 2.45) is 5.92 Å². The molecule has 1 atom stereocenters. The number of unbranched alkanes of at least 4 members (excludes halogenated alkanes) is 1. The first-order chi connectivity index (χ1) is 7.20. The number of rotatable bonds is 5. The van der Waals surface area contributed by atoms with E-state index >= 15 is 0 Å². The fourth-order valence-electron chi connectivity index (χ4n) is 1.04. The highest BCUT2D eigenvalue weighted by molar-refractivity contribution is 9.10. The van der Waals surface area contributed by atoms with Gasteiger partial charge < -0.3 is 0 Å². The second kappa shape index (κ2) is 11.2. The van der Waals surface area contributed by atoms with Crippen molar-refractivity contribution < 1.29 is 0 Å². The molecule has 1 heterocycles. The SMILES string of the molecule is Brc1ccsc1.CCC(C)CCCCBr. The first-order valence-corrected chi connectivity index (χ1v) is 8.30. The van der Waals surface area contributed by atoms with Gasteiger partial charge in [0, 0.05) is 15.2 Å². The maximum atomic E-state index is 3.42. The Bertz CT molecular complexity index is 209. The van der Waals surface area contributed by atoms with Crippen LogP contribution in [0.2, 0.25) is 0 Å². The summed E-state index contributed by atoms with van der Waals surface area (Å²) in [7, 11) is 0. The van der Waals surface area contributed by atoms with E-state index in [-0.39, 0.29) is 0 Å². The molecule has 0 fully saturated rings. The molecule has 0 N–H and O–H groups in total. The predicted octanol–water partition coefficient (Wildman–Crippen LogP) is 6.11. The quantitative estimate of drug-likeness (QED) is 0.441. The minimum Gasteiger partial charge on any atom is -0.151 e. The molecule has 1 unspecified atom stereocenters. The molecule has 3 heteroatoms. The zero-order chi connectivity index (χ0) is 11.5. The maximum Gasteiger partial charge on any atom is 0.0282 e. The van der Waals surface area contributed by atoms with Gasteiger partial charge in [0.25, 0.3) is 0 Å². The van der Waals surface area contributed by atoms with E-state index in [9.17, 15) is 0 Å². The van der Waals surface area contributed by atoms with E-state index in [4.69, 9.17) is 0 Å². The number of halogens is 2. The van der Waals surface area contributed by atoms with Gasteiger partial charge in [0.2, 0.25) is 0 Å². The molecule has 0 aromatic carbocycles. The molecule has 0 aliphatic rings. The molecule has 0 aliphatic carbocycles. The average Bonchev–Trinajstić information content (AvgIpc) is 2.70. The Morgan fingerprint density at radius 1 is 1.40 bits per heavy atom. The Hall–Kier alpha value is 0.660. The molecule has 0 bridgehead atoms. The van der Waals surface area contributed by atoms with Crippen LogP contribution in [0.4, 0.5) is 0 Å². The monoisotopic (exact) mass is 354 g/mol. The zero-order valence-corrected chi connectivity index (χ0v) is 13.5. The molecule has 0 saturated heterocycles. The van der Waals surface area contributed by atoms with E-state index in [1.807, 2.05) is 16.8 Å². The average molecular weight is 356 g/mol. The third-order valence-corrected chi connectivity index (χ3v) is 4.30. The summed E-state index contributed by atoms with van der Waals surface area (Å²) in [4.78, 5) is 0. The molecule has 0 spiro atoms. The minimum atomic E-state index is 0.934. The lowest BCUT2D eigenvalue weighted by molar-refractivity contribution is 0.493. The first-order valence-electron chi connectivity index (χ1n) is 5.44. The highest BCUT2D eigenvalue weighted by Gasteiger charge is 1.96. The van der Waals surface area contributed by atoms with Crippen molar-refractivity contribution in [3.63, 3.8) is 0 Å². The highest BCUT2D eigenvalue weighted by atomic mass is 79.9. The second-order valence-electron chi connectivity index (χ2n) is 3.64. The Labute approximate surface area is 115 Å². The Morgan fingerprint density at radius 2 is 2.13 bits per heavy atom. The summed E-state index contributed by atoms with van der Waals surface area (Å²) >= 11 is 8.41. The van der Waals surface area contributed by atoms with E-state index in [1.54, 1.807) is 11.3 Å². The van der Waals surface area contributed by atoms with Gasteiger partial charge in [0.05, 0.1) is 0 Å². The van der Waals surface area contributed by atoms with Crippen LogP contribution in [-0.2, 0) is 0 Å². The van der Waals surface area contributed by atoms with Crippen LogP contribution in [0, 0.1) is 5.92 Å². The van der Waals surface area contributed by atoms with E-state index in [0.29, 0.717) is 0 Å². The third kappa shape index (κ3) is 10.9. The van der Waals surface area contributed by atoms with Crippen LogP contribution >= 0.6 is 43.2 Å². The molecular formula is C12H20Br2S. The van der Waals surface area contributed by atoms with Crippen molar-refractivity contribution in [3.05, 3.63) is 21.3 Å². The minimum absolute atomic E-state index is 0.934. The maximum absolute atomic E-state index is 3.42. The van der Waals surface area contributed by atoms with Crippen LogP contribution in [0.3, 0.4) is 0 Å². The standard InChI is InChI=1S/C8H17Br.C4H3BrS/c1-3-8(2)6-4-5-7-9;5-4-1-2-6-3-4/h8H,3-7H2,1-2H3;1-3H. The summed E-state index contributed by atoms with van der Waals surface area (Å²) in [5.41, 5.74) is 0. The smallest absolute Gasteiger partial charge is 0.0282 e. The molecule has 0 radical (unpaired) electrons. The summed E-state index contributed by atoms with van der Waals surface area (Å²) in [6.07, 6.45) is 5.47. The van der Waals surface area contributed by atoms with Gasteiger partial charge in [-0.25, -0.2) is 0 Å². The molecule has 0 nitrogen and oxygen atoms in total. The van der Waals surface area contributed by atoms with Crippen LogP contribution in [0.5, 0.6) is 0 Å². The van der Waals surface area contributed by atoms with Gasteiger partial charge in [0.1, 0.15) is 0 Å². The summed E-state index contributed by atoms with van der Waals surface area (Å²) < 4.78 is 1.17. The van der Waals surface area contributed by atoms with Gasteiger partial charge in [-0.15, -0.1) is 0 Å². The fraction of sp³-hybridized carbons (Fsp3) is 0.667. The number of thiophene rings is 1. The lowest BCUT2D eigenvalue weighted by atomic mass is 10.0. The Balaban J connectivity index is 0.000000280. The van der Waals surface area contributed by atoms with Crippen molar-refractivity contribution in [3.8, 4) is 0 Å². The topological polar surface area (TPSA) is 0 Å². The molecule has 1 aromatic heterocycles. The van der Waals surface area contributed by atoms with Crippen LogP contribution in [0.15, 0.2) is 21.3 Å².